The fraction of sp³-hybridized carbons (Fsp3) is 0.473. The lowest BCUT2D eigenvalue weighted by Crippen LogP contribution is -2.50. The van der Waals surface area contributed by atoms with Crippen molar-refractivity contribution >= 4 is 41.3 Å². The second-order valence-corrected chi connectivity index (χ2v) is 18.9. The number of piperazine rings is 2. The van der Waals surface area contributed by atoms with E-state index in [9.17, 15) is 34.2 Å². The number of aliphatic hydroxyl groups is 1. The Morgan fingerprint density at radius 2 is 1.01 bits per heavy atom. The molecule has 0 spiro atoms. The van der Waals surface area contributed by atoms with E-state index in [-0.39, 0.29) is 49.0 Å². The number of nitrogens with one attached hydrogen (secondary N) is 2. The highest BCUT2D eigenvalue weighted by Gasteiger charge is 2.28. The van der Waals surface area contributed by atoms with Gasteiger partial charge in [-0.05, 0) is 125 Å². The molecular formula is C55H74N6O13. The van der Waals surface area contributed by atoms with E-state index in [2.05, 4.69) is 20.4 Å². The summed E-state index contributed by atoms with van der Waals surface area (Å²) in [6, 6.07) is 21.9. The van der Waals surface area contributed by atoms with Crippen LogP contribution in [-0.2, 0) is 27.1 Å². The topological polar surface area (TPSA) is 218 Å². The van der Waals surface area contributed by atoms with Gasteiger partial charge in [0.05, 0.1) is 47.6 Å². The van der Waals surface area contributed by atoms with E-state index in [1.807, 2.05) is 95.3 Å². The van der Waals surface area contributed by atoms with E-state index in [0.717, 1.165) is 33.6 Å². The number of amides is 4. The van der Waals surface area contributed by atoms with Crippen LogP contribution in [0.5, 0.6) is 23.0 Å². The number of aryl methyl sites for hydroxylation is 2. The molecule has 0 bridgehead atoms. The Bertz CT molecular complexity index is 2550. The highest BCUT2D eigenvalue weighted by Crippen LogP contribution is 2.32. The lowest BCUT2D eigenvalue weighted by atomic mass is 9.99. The lowest BCUT2D eigenvalue weighted by Gasteiger charge is -2.37. The van der Waals surface area contributed by atoms with Gasteiger partial charge in [-0.3, -0.25) is 14.4 Å². The molecule has 2 atom stereocenters. The summed E-state index contributed by atoms with van der Waals surface area (Å²) in [7, 11) is 7.63. The molecule has 2 saturated heterocycles. The van der Waals surface area contributed by atoms with Crippen molar-refractivity contribution in [3.63, 3.8) is 0 Å². The van der Waals surface area contributed by atoms with Crippen molar-refractivity contribution in [2.24, 2.45) is 0 Å². The first-order valence-electron chi connectivity index (χ1n) is 24.8. The van der Waals surface area contributed by atoms with Crippen LogP contribution in [0.2, 0.25) is 0 Å². The number of anilines is 2. The molecule has 2 fully saturated rings. The number of carbonyl (C=O) groups excluding carboxylic acids is 4. The van der Waals surface area contributed by atoms with E-state index in [1.165, 1.54) is 12.0 Å². The maximum Gasteiger partial charge on any atom is 0.410 e. The molecule has 0 aliphatic carbocycles. The molecule has 4 aromatic carbocycles. The fourth-order valence-electron chi connectivity index (χ4n) is 8.58. The zero-order valence-corrected chi connectivity index (χ0v) is 44.4. The molecule has 0 unspecified atom stereocenters. The minimum absolute atomic E-state index is 0.0437. The molecule has 6 rings (SSSR count). The Morgan fingerprint density at radius 1 is 0.581 bits per heavy atom. The van der Waals surface area contributed by atoms with Crippen LogP contribution in [-0.4, -0.2) is 150 Å². The van der Waals surface area contributed by atoms with Crippen LogP contribution >= 0.6 is 0 Å². The summed E-state index contributed by atoms with van der Waals surface area (Å²) in [5.74, 6) is 1.59. The van der Waals surface area contributed by atoms with Crippen LogP contribution in [0.1, 0.15) is 103 Å². The maximum atomic E-state index is 13.6. The second kappa shape index (κ2) is 27.0. The van der Waals surface area contributed by atoms with Gasteiger partial charge in [-0.2, -0.15) is 0 Å². The number of esters is 1. The number of methoxy groups -OCH3 is 5. The third-order valence-electron chi connectivity index (χ3n) is 12.8. The molecule has 74 heavy (non-hydrogen) atoms. The average molecular weight is 1030 g/mol. The van der Waals surface area contributed by atoms with Crippen LogP contribution < -0.4 is 39.4 Å². The molecule has 4 aromatic rings. The number of ether oxygens (including phenoxy) is 6. The third kappa shape index (κ3) is 15.8. The van der Waals surface area contributed by atoms with Gasteiger partial charge in [0.1, 0.15) is 5.60 Å². The SMILES string of the molecule is COC(=O)CCc1ccc(N2CCN(C(=O)OC(C)(C)C)CC2)cc1C(=O)N[C@H](C)c1ccc(OC)c(OC)c1.COc1ccc([C@@H](C)NC(=O)c2cc(N3CCN(C(=O)O)CC3)ccc2CCCO)cc1OC. The lowest BCUT2D eigenvalue weighted by molar-refractivity contribution is -0.140. The molecule has 0 saturated carbocycles. The number of hydrogen-bond acceptors (Lipinski definition) is 14. The fourth-order valence-corrected chi connectivity index (χ4v) is 8.58. The van der Waals surface area contributed by atoms with Gasteiger partial charge in [-0.1, -0.05) is 24.3 Å². The van der Waals surface area contributed by atoms with E-state index >= 15 is 0 Å². The van der Waals surface area contributed by atoms with Crippen molar-refractivity contribution in [1.82, 2.24) is 20.4 Å². The minimum Gasteiger partial charge on any atom is -0.493 e. The molecule has 0 aromatic heterocycles. The number of carbonyl (C=O) groups is 5. The summed E-state index contributed by atoms with van der Waals surface area (Å²) < 4.78 is 31.7. The van der Waals surface area contributed by atoms with Gasteiger partial charge >= 0.3 is 18.2 Å². The van der Waals surface area contributed by atoms with Crippen LogP contribution in [0.4, 0.5) is 21.0 Å². The number of rotatable bonds is 18. The number of benzene rings is 4. The summed E-state index contributed by atoms with van der Waals surface area (Å²) in [6.07, 6.45) is 0.430. The first-order valence-corrected chi connectivity index (χ1v) is 24.8. The Morgan fingerprint density at radius 3 is 1.41 bits per heavy atom. The van der Waals surface area contributed by atoms with Crippen molar-refractivity contribution in [2.75, 3.05) is 104 Å². The molecule has 19 nitrogen and oxygen atoms in total. The van der Waals surface area contributed by atoms with Gasteiger partial charge in [-0.15, -0.1) is 0 Å². The first-order chi connectivity index (χ1) is 35.3. The Kier molecular flexibility index (Phi) is 21.0. The number of nitrogens with zero attached hydrogens (tertiary/aromatic N) is 4. The van der Waals surface area contributed by atoms with Crippen molar-refractivity contribution in [3.8, 4) is 23.0 Å². The highest BCUT2D eigenvalue weighted by atomic mass is 16.6. The summed E-state index contributed by atoms with van der Waals surface area (Å²) in [6.45, 7) is 13.6. The Balaban J connectivity index is 0.000000278. The van der Waals surface area contributed by atoms with Crippen LogP contribution in [0, 0.1) is 0 Å². The third-order valence-corrected chi connectivity index (χ3v) is 12.8. The van der Waals surface area contributed by atoms with Gasteiger partial charge in [0.15, 0.2) is 23.0 Å². The van der Waals surface area contributed by atoms with Gasteiger partial charge in [0.25, 0.3) is 11.8 Å². The van der Waals surface area contributed by atoms with Crippen molar-refractivity contribution in [3.05, 3.63) is 106 Å². The normalized spacial score (nSPS) is 14.4. The minimum atomic E-state index is -0.914. The number of carboxylic acid groups (broad SMARTS) is 1. The average Bonchev–Trinajstić information content (AvgIpc) is 3.40. The van der Waals surface area contributed by atoms with E-state index < -0.39 is 11.7 Å². The van der Waals surface area contributed by atoms with Gasteiger partial charge < -0.3 is 68.9 Å². The highest BCUT2D eigenvalue weighted by molar-refractivity contribution is 5.98. The van der Waals surface area contributed by atoms with E-state index in [4.69, 9.17) is 28.4 Å². The maximum absolute atomic E-state index is 13.6. The molecule has 0 radical (unpaired) electrons. The monoisotopic (exact) mass is 1030 g/mol. The molecule has 4 amide bonds. The van der Waals surface area contributed by atoms with Crippen molar-refractivity contribution in [2.45, 2.75) is 78.0 Å². The molecule has 19 heteroatoms. The first kappa shape index (κ1) is 57.5. The Hall–Kier alpha value is -7.41. The second-order valence-electron chi connectivity index (χ2n) is 18.9. The van der Waals surface area contributed by atoms with Gasteiger partial charge in [0.2, 0.25) is 0 Å². The summed E-state index contributed by atoms with van der Waals surface area (Å²) in [5, 5.41) is 24.6. The zero-order chi connectivity index (χ0) is 54.1. The van der Waals surface area contributed by atoms with Gasteiger partial charge in [0, 0.05) is 87.9 Å². The molecule has 402 valence electrons. The van der Waals surface area contributed by atoms with Crippen LogP contribution in [0.15, 0.2) is 72.8 Å². The molecule has 2 aliphatic rings. The van der Waals surface area contributed by atoms with Crippen molar-refractivity contribution < 1.29 is 62.6 Å². The number of aliphatic hydroxyl groups excluding tert-OH is 1. The molecular weight excluding hydrogens is 953 g/mol. The summed E-state index contributed by atoms with van der Waals surface area (Å²) in [5.41, 5.74) is 5.58. The molecule has 4 N–H and O–H groups in total. The van der Waals surface area contributed by atoms with Crippen LogP contribution in [0.3, 0.4) is 0 Å². The summed E-state index contributed by atoms with van der Waals surface area (Å²) in [4.78, 5) is 69.7. The summed E-state index contributed by atoms with van der Waals surface area (Å²) >= 11 is 0. The Labute approximate surface area is 434 Å². The molecule has 2 heterocycles. The van der Waals surface area contributed by atoms with E-state index in [0.29, 0.717) is 106 Å². The largest absolute Gasteiger partial charge is 0.493 e. The number of hydrogen-bond donors (Lipinski definition) is 4. The standard InChI is InChI=1S/C30H41N3O7.C25H33N3O6/c1-20(22-9-12-25(37-5)26(18-22)38-6)31-28(35)24-19-23(11-8-21(24)10-13-27(34)39-7)32-14-16-33(17-15-32)29(36)40-30(2,3)4;1-17(19-7-9-22(33-2)23(15-19)34-3)26-24(30)21-16-20(8-6-18(21)5-4-14-29)27-10-12-28(13-11-27)25(31)32/h8-9,11-12,18-20H,10,13-17H2,1-7H3,(H,31,35);6-9,15-17,29H,4-5,10-14H2,1-3H3,(H,26,30)(H,31,32)/t20-;17-/m11/s1. The predicted octanol–water partition coefficient (Wildman–Crippen LogP) is 7.28. The van der Waals surface area contributed by atoms with Crippen molar-refractivity contribution in [1.29, 1.82) is 0 Å². The molecule has 2 aliphatic heterocycles. The van der Waals surface area contributed by atoms with Crippen LogP contribution in [0.25, 0.3) is 0 Å². The zero-order valence-electron chi connectivity index (χ0n) is 44.4. The van der Waals surface area contributed by atoms with E-state index in [1.54, 1.807) is 45.5 Å². The smallest absolute Gasteiger partial charge is 0.410 e. The predicted molar refractivity (Wildman–Crippen MR) is 281 cm³/mol. The van der Waals surface area contributed by atoms with Gasteiger partial charge in [-0.25, -0.2) is 9.59 Å². The quantitative estimate of drug-likeness (QED) is 0.0720.